The molecule has 0 aliphatic rings. The van der Waals surface area contributed by atoms with Crippen LogP contribution in [0.25, 0.3) is 0 Å². The van der Waals surface area contributed by atoms with Crippen LogP contribution in [-0.2, 0) is 6.18 Å². The number of hydrogen-bond acceptors (Lipinski definition) is 3. The largest absolute Gasteiger partial charge is 0.493 e. The first-order valence-electron chi connectivity index (χ1n) is 6.10. The van der Waals surface area contributed by atoms with Gasteiger partial charge in [-0.1, -0.05) is 6.07 Å². The predicted octanol–water partition coefficient (Wildman–Crippen LogP) is 4.40. The topological polar surface area (TPSA) is 44.5 Å². The van der Waals surface area contributed by atoms with Gasteiger partial charge in [0.05, 0.1) is 12.7 Å². The van der Waals surface area contributed by atoms with Gasteiger partial charge in [-0.25, -0.2) is 0 Å². The highest BCUT2D eigenvalue weighted by molar-refractivity contribution is 5.53. The third-order valence-corrected chi connectivity index (χ3v) is 2.88. The van der Waals surface area contributed by atoms with E-state index in [9.17, 15) is 13.2 Å². The molecular weight excluding hydrogens is 283 g/mol. The molecule has 2 N–H and O–H groups in total. The fourth-order valence-electron chi connectivity index (χ4n) is 1.83. The molecule has 2 rings (SSSR count). The van der Waals surface area contributed by atoms with E-state index >= 15 is 0 Å². The lowest BCUT2D eigenvalue weighted by atomic mass is 10.1. The summed E-state index contributed by atoms with van der Waals surface area (Å²) in [5.41, 5.74) is 5.03. The number of halogens is 3. The van der Waals surface area contributed by atoms with Crippen LogP contribution < -0.4 is 15.2 Å². The van der Waals surface area contributed by atoms with E-state index in [4.69, 9.17) is 15.2 Å². The van der Waals surface area contributed by atoms with E-state index in [1.807, 2.05) is 6.92 Å². The number of ether oxygens (including phenoxy) is 2. The van der Waals surface area contributed by atoms with Crippen LogP contribution in [0.4, 0.5) is 18.9 Å². The van der Waals surface area contributed by atoms with Crippen LogP contribution in [-0.4, -0.2) is 7.11 Å². The summed E-state index contributed by atoms with van der Waals surface area (Å²) in [6.45, 7) is 1.87. The van der Waals surface area contributed by atoms with Crippen molar-refractivity contribution < 1.29 is 22.6 Å². The fraction of sp³-hybridized carbons (Fsp3) is 0.200. The van der Waals surface area contributed by atoms with Crippen molar-refractivity contribution in [1.82, 2.24) is 0 Å². The highest BCUT2D eigenvalue weighted by atomic mass is 19.4. The minimum Gasteiger partial charge on any atom is -0.493 e. The van der Waals surface area contributed by atoms with Crippen LogP contribution in [0.15, 0.2) is 36.4 Å². The Bertz CT molecular complexity index is 654. The summed E-state index contributed by atoms with van der Waals surface area (Å²) >= 11 is 0. The Labute approximate surface area is 120 Å². The molecular formula is C15H14F3NO2. The molecule has 0 unspecified atom stereocenters. The number of alkyl halides is 3. The van der Waals surface area contributed by atoms with Crippen LogP contribution in [0.2, 0.25) is 0 Å². The van der Waals surface area contributed by atoms with Crippen molar-refractivity contribution in [2.75, 3.05) is 12.8 Å². The monoisotopic (exact) mass is 297 g/mol. The summed E-state index contributed by atoms with van der Waals surface area (Å²) in [5.74, 6) is 0.819. The van der Waals surface area contributed by atoms with E-state index in [1.54, 1.807) is 18.2 Å². The van der Waals surface area contributed by atoms with Crippen molar-refractivity contribution in [3.8, 4) is 17.2 Å². The molecule has 2 aromatic carbocycles. The van der Waals surface area contributed by atoms with Crippen molar-refractivity contribution in [2.45, 2.75) is 13.1 Å². The first kappa shape index (κ1) is 15.0. The number of benzene rings is 2. The van der Waals surface area contributed by atoms with Gasteiger partial charge in [-0.3, -0.25) is 0 Å². The number of rotatable bonds is 3. The van der Waals surface area contributed by atoms with Gasteiger partial charge in [0.25, 0.3) is 0 Å². The maximum atomic E-state index is 12.8. The quantitative estimate of drug-likeness (QED) is 0.854. The molecule has 0 radical (unpaired) electrons. The average molecular weight is 297 g/mol. The first-order chi connectivity index (χ1) is 9.81. The van der Waals surface area contributed by atoms with Crippen molar-refractivity contribution in [3.05, 3.63) is 47.5 Å². The Hall–Kier alpha value is -2.37. The molecule has 112 valence electrons. The summed E-state index contributed by atoms with van der Waals surface area (Å²) in [7, 11) is 1.46. The average Bonchev–Trinajstić information content (AvgIpc) is 2.41. The highest BCUT2D eigenvalue weighted by Gasteiger charge is 2.33. The molecule has 2 aromatic rings. The molecule has 0 spiro atoms. The zero-order valence-corrected chi connectivity index (χ0v) is 11.5. The van der Waals surface area contributed by atoms with Gasteiger partial charge in [0.1, 0.15) is 5.75 Å². The SMILES string of the molecule is COc1cc(C)ccc1Oc1ccc(N)c(C(F)(F)F)c1. The Kier molecular flexibility index (Phi) is 3.97. The van der Waals surface area contributed by atoms with Gasteiger partial charge >= 0.3 is 6.18 Å². The number of anilines is 1. The van der Waals surface area contributed by atoms with Gasteiger partial charge in [-0.15, -0.1) is 0 Å². The number of methoxy groups -OCH3 is 1. The van der Waals surface area contributed by atoms with E-state index in [2.05, 4.69) is 0 Å². The lowest BCUT2D eigenvalue weighted by Gasteiger charge is -2.14. The molecule has 0 saturated heterocycles. The maximum Gasteiger partial charge on any atom is 0.418 e. The Morgan fingerprint density at radius 2 is 1.71 bits per heavy atom. The van der Waals surface area contributed by atoms with E-state index in [0.29, 0.717) is 11.5 Å². The summed E-state index contributed by atoms with van der Waals surface area (Å²) in [5, 5.41) is 0. The Balaban J connectivity index is 2.37. The summed E-state index contributed by atoms with van der Waals surface area (Å²) in [6, 6.07) is 8.56. The first-order valence-corrected chi connectivity index (χ1v) is 6.10. The molecule has 0 aliphatic heterocycles. The van der Waals surface area contributed by atoms with Gasteiger partial charge in [0.15, 0.2) is 11.5 Å². The van der Waals surface area contributed by atoms with Crippen LogP contribution in [0.5, 0.6) is 17.2 Å². The van der Waals surface area contributed by atoms with Gasteiger partial charge in [-0.05, 0) is 42.8 Å². The lowest BCUT2D eigenvalue weighted by Crippen LogP contribution is -2.08. The third kappa shape index (κ3) is 3.39. The van der Waals surface area contributed by atoms with E-state index in [-0.39, 0.29) is 11.4 Å². The second-order valence-corrected chi connectivity index (χ2v) is 4.50. The minimum absolute atomic E-state index is 0.0404. The molecule has 0 saturated carbocycles. The van der Waals surface area contributed by atoms with Gasteiger partial charge in [-0.2, -0.15) is 13.2 Å². The molecule has 3 nitrogen and oxygen atoms in total. The van der Waals surface area contributed by atoms with Crippen LogP contribution >= 0.6 is 0 Å². The molecule has 0 aliphatic carbocycles. The molecule has 0 fully saturated rings. The highest BCUT2D eigenvalue weighted by Crippen LogP contribution is 2.38. The summed E-state index contributed by atoms with van der Waals surface area (Å²) in [6.07, 6.45) is -4.53. The zero-order chi connectivity index (χ0) is 15.6. The second-order valence-electron chi connectivity index (χ2n) is 4.50. The molecule has 21 heavy (non-hydrogen) atoms. The summed E-state index contributed by atoms with van der Waals surface area (Å²) < 4.78 is 49.0. The van der Waals surface area contributed by atoms with Gasteiger partial charge in [0, 0.05) is 5.69 Å². The lowest BCUT2D eigenvalue weighted by molar-refractivity contribution is -0.137. The van der Waals surface area contributed by atoms with Crippen molar-refractivity contribution in [3.63, 3.8) is 0 Å². The minimum atomic E-state index is -4.53. The molecule has 0 amide bonds. The van der Waals surface area contributed by atoms with Crippen LogP contribution in [0.1, 0.15) is 11.1 Å². The number of nitrogen functional groups attached to an aromatic ring is 1. The van der Waals surface area contributed by atoms with Crippen molar-refractivity contribution in [2.24, 2.45) is 0 Å². The molecule has 0 heterocycles. The summed E-state index contributed by atoms with van der Waals surface area (Å²) in [4.78, 5) is 0. The standard InChI is InChI=1S/C15H14F3NO2/c1-9-3-6-13(14(7-9)20-2)21-10-4-5-12(19)11(8-10)15(16,17)18/h3-8H,19H2,1-2H3. The molecule has 0 bridgehead atoms. The zero-order valence-electron chi connectivity index (χ0n) is 11.5. The van der Waals surface area contributed by atoms with Crippen molar-refractivity contribution >= 4 is 5.69 Å². The van der Waals surface area contributed by atoms with Gasteiger partial charge in [0.2, 0.25) is 0 Å². The van der Waals surface area contributed by atoms with Crippen molar-refractivity contribution in [1.29, 1.82) is 0 Å². The van der Waals surface area contributed by atoms with Crippen LogP contribution in [0.3, 0.4) is 0 Å². The van der Waals surface area contributed by atoms with E-state index in [0.717, 1.165) is 11.6 Å². The Morgan fingerprint density at radius 3 is 2.33 bits per heavy atom. The van der Waals surface area contributed by atoms with Crippen LogP contribution in [0, 0.1) is 6.92 Å². The second kappa shape index (κ2) is 5.55. The maximum absolute atomic E-state index is 12.8. The molecule has 0 atom stereocenters. The number of nitrogens with two attached hydrogens (primary N) is 1. The van der Waals surface area contributed by atoms with Gasteiger partial charge < -0.3 is 15.2 Å². The Morgan fingerprint density at radius 1 is 1.00 bits per heavy atom. The third-order valence-electron chi connectivity index (χ3n) is 2.88. The number of hydrogen-bond donors (Lipinski definition) is 1. The normalized spacial score (nSPS) is 11.3. The smallest absolute Gasteiger partial charge is 0.418 e. The van der Waals surface area contributed by atoms with E-state index < -0.39 is 11.7 Å². The molecule has 0 aromatic heterocycles. The number of aryl methyl sites for hydroxylation is 1. The molecule has 6 heteroatoms. The fourth-order valence-corrected chi connectivity index (χ4v) is 1.83. The van der Waals surface area contributed by atoms with E-state index in [1.165, 1.54) is 19.2 Å². The predicted molar refractivity (Wildman–Crippen MR) is 73.7 cm³/mol.